The molecule has 104 valence electrons. The SMILES string of the molecule is CCCC(C)(NC(=O)c1cc(Cl)cc(Cl)c1)C(=O)O. The summed E-state index contributed by atoms with van der Waals surface area (Å²) in [7, 11) is 0. The molecular weight excluding hydrogens is 289 g/mol. The Morgan fingerprint density at radius 1 is 1.26 bits per heavy atom. The topological polar surface area (TPSA) is 66.4 Å². The standard InChI is InChI=1S/C13H15Cl2NO3/c1-3-4-13(2,12(18)19)16-11(17)8-5-9(14)7-10(15)6-8/h5-7H,3-4H2,1-2H3,(H,16,17)(H,18,19). The van der Waals surface area contributed by atoms with Gasteiger partial charge < -0.3 is 10.4 Å². The van der Waals surface area contributed by atoms with Gasteiger partial charge in [-0.3, -0.25) is 4.79 Å². The van der Waals surface area contributed by atoms with Crippen LogP contribution in [0.3, 0.4) is 0 Å². The molecule has 0 heterocycles. The second kappa shape index (κ2) is 6.26. The number of benzene rings is 1. The molecule has 0 aromatic heterocycles. The number of carbonyl (C=O) groups excluding carboxylic acids is 1. The summed E-state index contributed by atoms with van der Waals surface area (Å²) in [6.45, 7) is 3.33. The fourth-order valence-corrected chi connectivity index (χ4v) is 2.26. The quantitative estimate of drug-likeness (QED) is 0.876. The number of carboxylic acid groups (broad SMARTS) is 1. The number of aliphatic carboxylic acids is 1. The summed E-state index contributed by atoms with van der Waals surface area (Å²) < 4.78 is 0. The van der Waals surface area contributed by atoms with Gasteiger partial charge in [0, 0.05) is 15.6 Å². The van der Waals surface area contributed by atoms with E-state index in [9.17, 15) is 14.7 Å². The van der Waals surface area contributed by atoms with Gasteiger partial charge >= 0.3 is 5.97 Å². The lowest BCUT2D eigenvalue weighted by atomic mass is 9.96. The van der Waals surface area contributed by atoms with E-state index in [0.29, 0.717) is 22.9 Å². The third-order valence-corrected chi connectivity index (χ3v) is 3.17. The molecule has 0 saturated carbocycles. The summed E-state index contributed by atoms with van der Waals surface area (Å²) in [4.78, 5) is 23.3. The highest BCUT2D eigenvalue weighted by Crippen LogP contribution is 2.20. The first-order valence-electron chi connectivity index (χ1n) is 5.80. The number of hydrogen-bond donors (Lipinski definition) is 2. The number of hydrogen-bond acceptors (Lipinski definition) is 2. The number of carbonyl (C=O) groups is 2. The van der Waals surface area contributed by atoms with E-state index < -0.39 is 17.4 Å². The molecule has 1 aromatic carbocycles. The minimum atomic E-state index is -1.30. The highest BCUT2D eigenvalue weighted by atomic mass is 35.5. The van der Waals surface area contributed by atoms with Crippen LogP contribution in [0.2, 0.25) is 10.0 Å². The van der Waals surface area contributed by atoms with E-state index in [1.54, 1.807) is 0 Å². The molecule has 4 nitrogen and oxygen atoms in total. The molecule has 6 heteroatoms. The van der Waals surface area contributed by atoms with E-state index in [2.05, 4.69) is 5.32 Å². The minimum Gasteiger partial charge on any atom is -0.480 e. The summed E-state index contributed by atoms with van der Waals surface area (Å²) in [5.74, 6) is -1.58. The Bertz CT molecular complexity index is 484. The van der Waals surface area contributed by atoms with Crippen molar-refractivity contribution in [3.05, 3.63) is 33.8 Å². The molecule has 0 aliphatic carbocycles. The van der Waals surface area contributed by atoms with Gasteiger partial charge in [-0.05, 0) is 31.5 Å². The lowest BCUT2D eigenvalue weighted by molar-refractivity contribution is -0.144. The molecule has 0 aliphatic rings. The van der Waals surface area contributed by atoms with Crippen molar-refractivity contribution in [3.63, 3.8) is 0 Å². The van der Waals surface area contributed by atoms with Crippen LogP contribution in [0.1, 0.15) is 37.0 Å². The molecule has 1 aromatic rings. The first-order chi connectivity index (χ1) is 8.78. The van der Waals surface area contributed by atoms with Gasteiger partial charge in [0.1, 0.15) is 5.54 Å². The predicted octanol–water partition coefficient (Wildman–Crippen LogP) is 3.37. The molecule has 19 heavy (non-hydrogen) atoms. The van der Waals surface area contributed by atoms with Gasteiger partial charge in [0.2, 0.25) is 0 Å². The van der Waals surface area contributed by atoms with Crippen LogP contribution in [-0.4, -0.2) is 22.5 Å². The molecule has 0 saturated heterocycles. The van der Waals surface area contributed by atoms with Crippen molar-refractivity contribution in [3.8, 4) is 0 Å². The molecule has 1 unspecified atom stereocenters. The number of carboxylic acids is 1. The average Bonchev–Trinajstić information content (AvgIpc) is 2.27. The largest absolute Gasteiger partial charge is 0.480 e. The first-order valence-corrected chi connectivity index (χ1v) is 6.56. The fraction of sp³-hybridized carbons (Fsp3) is 0.385. The Balaban J connectivity index is 2.97. The molecule has 2 N–H and O–H groups in total. The van der Waals surface area contributed by atoms with Crippen molar-refractivity contribution in [1.29, 1.82) is 0 Å². The Kier molecular flexibility index (Phi) is 5.20. The van der Waals surface area contributed by atoms with Gasteiger partial charge in [-0.15, -0.1) is 0 Å². The summed E-state index contributed by atoms with van der Waals surface area (Å²) in [5, 5.41) is 12.4. The van der Waals surface area contributed by atoms with Gasteiger partial charge in [0.15, 0.2) is 0 Å². The Morgan fingerprint density at radius 3 is 2.21 bits per heavy atom. The van der Waals surface area contributed by atoms with Gasteiger partial charge in [-0.25, -0.2) is 4.79 Å². The predicted molar refractivity (Wildman–Crippen MR) is 74.9 cm³/mol. The van der Waals surface area contributed by atoms with Crippen molar-refractivity contribution in [2.45, 2.75) is 32.2 Å². The first kappa shape index (κ1) is 15.8. The van der Waals surface area contributed by atoms with E-state index in [1.165, 1.54) is 25.1 Å². The zero-order chi connectivity index (χ0) is 14.6. The summed E-state index contributed by atoms with van der Waals surface area (Å²) in [6.07, 6.45) is 0.974. The van der Waals surface area contributed by atoms with Crippen LogP contribution < -0.4 is 5.32 Å². The molecule has 0 spiro atoms. The van der Waals surface area contributed by atoms with Crippen molar-refractivity contribution in [1.82, 2.24) is 5.32 Å². The number of halogens is 2. The van der Waals surface area contributed by atoms with Gasteiger partial charge in [0.25, 0.3) is 5.91 Å². The van der Waals surface area contributed by atoms with E-state index in [-0.39, 0.29) is 5.56 Å². The normalized spacial score (nSPS) is 13.7. The number of amides is 1. The van der Waals surface area contributed by atoms with E-state index in [1.807, 2.05) is 6.92 Å². The number of nitrogens with one attached hydrogen (secondary N) is 1. The molecule has 0 bridgehead atoms. The highest BCUT2D eigenvalue weighted by Gasteiger charge is 2.34. The average molecular weight is 304 g/mol. The van der Waals surface area contributed by atoms with Crippen molar-refractivity contribution in [2.75, 3.05) is 0 Å². The molecule has 1 atom stereocenters. The lowest BCUT2D eigenvalue weighted by Crippen LogP contribution is -2.52. The highest BCUT2D eigenvalue weighted by molar-refractivity contribution is 6.35. The maximum Gasteiger partial charge on any atom is 0.329 e. The van der Waals surface area contributed by atoms with Crippen LogP contribution in [0.15, 0.2) is 18.2 Å². The van der Waals surface area contributed by atoms with Crippen molar-refractivity contribution < 1.29 is 14.7 Å². The van der Waals surface area contributed by atoms with Gasteiger partial charge in [-0.1, -0.05) is 36.5 Å². The van der Waals surface area contributed by atoms with Crippen molar-refractivity contribution in [2.24, 2.45) is 0 Å². The molecule has 1 amide bonds. The fourth-order valence-electron chi connectivity index (χ4n) is 1.73. The van der Waals surface area contributed by atoms with Crippen LogP contribution in [0.5, 0.6) is 0 Å². The summed E-state index contributed by atoms with van der Waals surface area (Å²) in [5.41, 5.74) is -1.07. The van der Waals surface area contributed by atoms with Crippen LogP contribution in [0.4, 0.5) is 0 Å². The Labute approximate surface area is 121 Å². The Morgan fingerprint density at radius 2 is 1.79 bits per heavy atom. The van der Waals surface area contributed by atoms with Crippen LogP contribution in [0.25, 0.3) is 0 Å². The zero-order valence-electron chi connectivity index (χ0n) is 10.7. The van der Waals surface area contributed by atoms with Crippen LogP contribution in [0, 0.1) is 0 Å². The monoisotopic (exact) mass is 303 g/mol. The second-order valence-corrected chi connectivity index (χ2v) is 5.37. The van der Waals surface area contributed by atoms with Crippen LogP contribution >= 0.6 is 23.2 Å². The van der Waals surface area contributed by atoms with E-state index in [4.69, 9.17) is 23.2 Å². The molecule has 0 aliphatic heterocycles. The van der Waals surface area contributed by atoms with Crippen molar-refractivity contribution >= 4 is 35.1 Å². The minimum absolute atomic E-state index is 0.237. The van der Waals surface area contributed by atoms with Crippen LogP contribution in [-0.2, 0) is 4.79 Å². The Hall–Kier alpha value is -1.26. The third-order valence-electron chi connectivity index (χ3n) is 2.74. The maximum absolute atomic E-state index is 12.1. The lowest BCUT2D eigenvalue weighted by Gasteiger charge is -2.25. The van der Waals surface area contributed by atoms with E-state index >= 15 is 0 Å². The molecule has 0 fully saturated rings. The summed E-state index contributed by atoms with van der Waals surface area (Å²) in [6, 6.07) is 4.39. The molecule has 0 radical (unpaired) electrons. The maximum atomic E-state index is 12.1. The smallest absolute Gasteiger partial charge is 0.329 e. The van der Waals surface area contributed by atoms with E-state index in [0.717, 1.165) is 0 Å². The summed E-state index contributed by atoms with van der Waals surface area (Å²) >= 11 is 11.6. The zero-order valence-corrected chi connectivity index (χ0v) is 12.2. The third kappa shape index (κ3) is 4.11. The molecular formula is C13H15Cl2NO3. The van der Waals surface area contributed by atoms with Gasteiger partial charge in [-0.2, -0.15) is 0 Å². The number of rotatable bonds is 5. The van der Waals surface area contributed by atoms with Gasteiger partial charge in [0.05, 0.1) is 0 Å². The molecule has 1 rings (SSSR count). The second-order valence-electron chi connectivity index (χ2n) is 4.50.